The van der Waals surface area contributed by atoms with Gasteiger partial charge in [-0.25, -0.2) is 4.98 Å². The van der Waals surface area contributed by atoms with Gasteiger partial charge in [-0.15, -0.1) is 11.3 Å². The van der Waals surface area contributed by atoms with E-state index < -0.39 is 6.10 Å². The Bertz CT molecular complexity index is 1030. The molecule has 2 aromatic heterocycles. The Labute approximate surface area is 174 Å². The molecule has 0 unspecified atom stereocenters. The summed E-state index contributed by atoms with van der Waals surface area (Å²) in [5.41, 5.74) is 1.15. The summed E-state index contributed by atoms with van der Waals surface area (Å²) in [5, 5.41) is 11.2. The van der Waals surface area contributed by atoms with Gasteiger partial charge in [-0.05, 0) is 50.8 Å². The molecule has 1 aromatic carbocycles. The molecule has 2 N–H and O–H groups in total. The summed E-state index contributed by atoms with van der Waals surface area (Å²) in [5.74, 6) is 1.39. The van der Waals surface area contributed by atoms with E-state index in [1.54, 1.807) is 11.3 Å². The number of aromatic amines is 1. The molecule has 29 heavy (non-hydrogen) atoms. The molecule has 6 nitrogen and oxygen atoms in total. The molecule has 4 rings (SSSR count). The van der Waals surface area contributed by atoms with E-state index in [0.29, 0.717) is 18.9 Å². The van der Waals surface area contributed by atoms with E-state index in [9.17, 15) is 9.90 Å². The van der Waals surface area contributed by atoms with Crippen LogP contribution in [0.5, 0.6) is 5.75 Å². The van der Waals surface area contributed by atoms with Crippen molar-refractivity contribution >= 4 is 21.6 Å². The summed E-state index contributed by atoms with van der Waals surface area (Å²) in [6.07, 6.45) is 2.52. The summed E-state index contributed by atoms with van der Waals surface area (Å²) in [6, 6.07) is 9.67. The Morgan fingerprint density at radius 3 is 2.83 bits per heavy atom. The van der Waals surface area contributed by atoms with Crippen LogP contribution >= 0.6 is 11.3 Å². The van der Waals surface area contributed by atoms with E-state index in [1.807, 2.05) is 30.3 Å². The molecule has 3 aromatic rings. The fraction of sp³-hybridized carbons (Fsp3) is 0.455. The van der Waals surface area contributed by atoms with Crippen molar-refractivity contribution in [2.45, 2.75) is 51.8 Å². The van der Waals surface area contributed by atoms with Gasteiger partial charge in [0.15, 0.2) is 0 Å². The zero-order valence-corrected chi connectivity index (χ0v) is 17.7. The normalized spacial score (nSPS) is 14.7. The van der Waals surface area contributed by atoms with Crippen LogP contribution in [0.15, 0.2) is 35.1 Å². The molecule has 0 fully saturated rings. The number of nitrogens with one attached hydrogen (secondary N) is 1. The molecule has 0 amide bonds. The fourth-order valence-electron chi connectivity index (χ4n) is 3.80. The van der Waals surface area contributed by atoms with Gasteiger partial charge in [0.05, 0.1) is 11.9 Å². The van der Waals surface area contributed by atoms with Gasteiger partial charge in [0.25, 0.3) is 5.56 Å². The molecule has 1 aliphatic carbocycles. The van der Waals surface area contributed by atoms with Crippen molar-refractivity contribution in [2.24, 2.45) is 0 Å². The number of para-hydroxylation sites is 1. The standard InChI is InChI=1S/C22H27N3O3S/c1-14(2)25(11-15(26)13-28-16-7-4-3-5-8-16)12-19-23-21(27)20-17-9-6-10-18(17)29-22(20)24-19/h3-5,7-8,14-15,26H,6,9-13H2,1-2H3,(H,23,24,27)/t15-/m0/s1. The van der Waals surface area contributed by atoms with Crippen LogP contribution in [0.2, 0.25) is 0 Å². The molecule has 0 aliphatic heterocycles. The molecule has 0 saturated heterocycles. The summed E-state index contributed by atoms with van der Waals surface area (Å²) >= 11 is 1.65. The lowest BCUT2D eigenvalue weighted by molar-refractivity contribution is 0.0533. The Morgan fingerprint density at radius 2 is 2.07 bits per heavy atom. The number of aryl methyl sites for hydroxylation is 2. The Hall–Kier alpha value is -2.22. The van der Waals surface area contributed by atoms with Crippen molar-refractivity contribution in [3.8, 4) is 5.75 Å². The molecule has 0 saturated carbocycles. The maximum absolute atomic E-state index is 12.7. The minimum atomic E-state index is -0.640. The quantitative estimate of drug-likeness (QED) is 0.593. The SMILES string of the molecule is CC(C)N(Cc1nc2sc3c(c2c(=O)[nH]1)CCC3)C[C@H](O)COc1ccccc1. The zero-order chi connectivity index (χ0) is 20.4. The monoisotopic (exact) mass is 413 g/mol. The second-order valence-electron chi connectivity index (χ2n) is 7.85. The third-order valence-electron chi connectivity index (χ3n) is 5.34. The number of fused-ring (bicyclic) bond motifs is 3. The van der Waals surface area contributed by atoms with E-state index >= 15 is 0 Å². The van der Waals surface area contributed by atoms with Crippen LogP contribution in [0.1, 0.15) is 36.5 Å². The van der Waals surface area contributed by atoms with Gasteiger partial charge in [-0.3, -0.25) is 9.69 Å². The molecule has 154 valence electrons. The van der Waals surface area contributed by atoms with E-state index in [1.165, 1.54) is 10.4 Å². The molecule has 0 spiro atoms. The number of rotatable bonds is 8. The van der Waals surface area contributed by atoms with Crippen LogP contribution in [0.3, 0.4) is 0 Å². The molecule has 0 radical (unpaired) electrons. The number of hydrogen-bond acceptors (Lipinski definition) is 6. The first-order valence-corrected chi connectivity index (χ1v) is 11.0. The third-order valence-corrected chi connectivity index (χ3v) is 6.52. The van der Waals surface area contributed by atoms with Crippen molar-refractivity contribution in [3.05, 3.63) is 57.0 Å². The van der Waals surface area contributed by atoms with Gasteiger partial charge in [-0.1, -0.05) is 18.2 Å². The number of thiophene rings is 1. The Balaban J connectivity index is 1.44. The summed E-state index contributed by atoms with van der Waals surface area (Å²) in [7, 11) is 0. The lowest BCUT2D eigenvalue weighted by Crippen LogP contribution is -2.40. The second-order valence-corrected chi connectivity index (χ2v) is 8.93. The van der Waals surface area contributed by atoms with Gasteiger partial charge in [0.2, 0.25) is 0 Å². The third kappa shape index (κ3) is 4.52. The van der Waals surface area contributed by atoms with Gasteiger partial charge in [-0.2, -0.15) is 0 Å². The molecular formula is C22H27N3O3S. The van der Waals surface area contributed by atoms with E-state index in [4.69, 9.17) is 9.72 Å². The predicted molar refractivity (Wildman–Crippen MR) is 116 cm³/mol. The molecule has 2 heterocycles. The summed E-state index contributed by atoms with van der Waals surface area (Å²) in [4.78, 5) is 24.6. The van der Waals surface area contributed by atoms with Crippen LogP contribution in [-0.2, 0) is 19.4 Å². The maximum Gasteiger partial charge on any atom is 0.259 e. The minimum absolute atomic E-state index is 0.0407. The highest BCUT2D eigenvalue weighted by Crippen LogP contribution is 2.34. The Kier molecular flexibility index (Phi) is 5.99. The topological polar surface area (TPSA) is 78.5 Å². The van der Waals surface area contributed by atoms with Crippen LogP contribution in [0, 0.1) is 0 Å². The summed E-state index contributed by atoms with van der Waals surface area (Å²) in [6.45, 7) is 5.27. The highest BCUT2D eigenvalue weighted by molar-refractivity contribution is 7.18. The maximum atomic E-state index is 12.7. The van der Waals surface area contributed by atoms with E-state index in [0.717, 1.165) is 35.2 Å². The first kappa shape index (κ1) is 20.1. The van der Waals surface area contributed by atoms with Gasteiger partial charge < -0.3 is 14.8 Å². The molecule has 1 aliphatic rings. The second kappa shape index (κ2) is 8.65. The fourth-order valence-corrected chi connectivity index (χ4v) is 5.09. The molecule has 7 heteroatoms. The van der Waals surface area contributed by atoms with Crippen LogP contribution in [0.4, 0.5) is 0 Å². The number of hydrogen-bond donors (Lipinski definition) is 2. The average molecular weight is 414 g/mol. The first-order chi connectivity index (χ1) is 14.0. The molecular weight excluding hydrogens is 386 g/mol. The van der Waals surface area contributed by atoms with E-state index in [-0.39, 0.29) is 18.2 Å². The van der Waals surface area contributed by atoms with Crippen LogP contribution in [0.25, 0.3) is 10.2 Å². The van der Waals surface area contributed by atoms with E-state index in [2.05, 4.69) is 23.7 Å². The molecule has 1 atom stereocenters. The number of nitrogens with zero attached hydrogens (tertiary/aromatic N) is 2. The van der Waals surface area contributed by atoms with Gasteiger partial charge >= 0.3 is 0 Å². The van der Waals surface area contributed by atoms with Gasteiger partial charge in [0.1, 0.15) is 29.1 Å². The highest BCUT2D eigenvalue weighted by atomic mass is 32.1. The number of aliphatic hydroxyl groups excluding tert-OH is 1. The highest BCUT2D eigenvalue weighted by Gasteiger charge is 2.22. The molecule has 0 bridgehead atoms. The number of aromatic nitrogens is 2. The van der Waals surface area contributed by atoms with Crippen molar-refractivity contribution < 1.29 is 9.84 Å². The minimum Gasteiger partial charge on any atom is -0.491 e. The average Bonchev–Trinajstić information content (AvgIpc) is 3.27. The smallest absolute Gasteiger partial charge is 0.259 e. The van der Waals surface area contributed by atoms with Crippen molar-refractivity contribution in [3.63, 3.8) is 0 Å². The van der Waals surface area contributed by atoms with Crippen LogP contribution < -0.4 is 10.3 Å². The number of ether oxygens (including phenoxy) is 1. The number of H-pyrrole nitrogens is 1. The number of benzene rings is 1. The summed E-state index contributed by atoms with van der Waals surface area (Å²) < 4.78 is 5.66. The lowest BCUT2D eigenvalue weighted by atomic mass is 10.2. The largest absolute Gasteiger partial charge is 0.491 e. The first-order valence-electron chi connectivity index (χ1n) is 10.1. The Morgan fingerprint density at radius 1 is 1.28 bits per heavy atom. The van der Waals surface area contributed by atoms with Crippen LogP contribution in [-0.4, -0.2) is 45.3 Å². The number of aliphatic hydroxyl groups is 1. The predicted octanol–water partition coefficient (Wildman–Crippen LogP) is 3.12. The van der Waals surface area contributed by atoms with Crippen molar-refractivity contribution in [1.29, 1.82) is 0 Å². The van der Waals surface area contributed by atoms with Gasteiger partial charge in [0, 0.05) is 17.5 Å². The lowest BCUT2D eigenvalue weighted by Gasteiger charge is -2.28. The van der Waals surface area contributed by atoms with Crippen molar-refractivity contribution in [2.75, 3.05) is 13.2 Å². The zero-order valence-electron chi connectivity index (χ0n) is 16.9. The van der Waals surface area contributed by atoms with Crippen molar-refractivity contribution in [1.82, 2.24) is 14.9 Å².